The number of rotatable bonds is 7. The van der Waals surface area contributed by atoms with Crippen LogP contribution in [0, 0.1) is 5.92 Å². The lowest BCUT2D eigenvalue weighted by atomic mass is 9.88. The zero-order valence-electron chi connectivity index (χ0n) is 9.91. The molecule has 0 amide bonds. The van der Waals surface area contributed by atoms with E-state index in [2.05, 4.69) is 30.7 Å². The molecule has 1 rings (SSSR count). The van der Waals surface area contributed by atoms with E-state index in [9.17, 15) is 0 Å². The van der Waals surface area contributed by atoms with Crippen molar-refractivity contribution in [3.8, 4) is 0 Å². The van der Waals surface area contributed by atoms with Gasteiger partial charge in [-0.25, -0.2) is 0 Å². The van der Waals surface area contributed by atoms with Crippen LogP contribution < -0.4 is 5.73 Å². The first-order chi connectivity index (χ1) is 7.27. The van der Waals surface area contributed by atoms with Crippen LogP contribution in [0.2, 0.25) is 0 Å². The van der Waals surface area contributed by atoms with E-state index in [0.29, 0.717) is 12.0 Å². The molecule has 0 fully saturated rings. The van der Waals surface area contributed by atoms with E-state index >= 15 is 0 Å². The van der Waals surface area contributed by atoms with Crippen LogP contribution in [0.25, 0.3) is 0 Å². The van der Waals surface area contributed by atoms with Crippen molar-refractivity contribution in [1.82, 2.24) is 0 Å². The Labute approximate surface area is 97.7 Å². The molecule has 0 spiro atoms. The van der Waals surface area contributed by atoms with Crippen molar-refractivity contribution in [1.29, 1.82) is 0 Å². The zero-order valence-corrected chi connectivity index (χ0v) is 10.7. The summed E-state index contributed by atoms with van der Waals surface area (Å²) in [5.74, 6) is 0.708. The van der Waals surface area contributed by atoms with Gasteiger partial charge in [-0.2, -0.15) is 11.3 Å². The Balaban J connectivity index is 2.44. The molecule has 0 aliphatic rings. The van der Waals surface area contributed by atoms with Gasteiger partial charge in [0.25, 0.3) is 0 Å². The van der Waals surface area contributed by atoms with Crippen LogP contribution in [0.4, 0.5) is 0 Å². The number of nitrogens with two attached hydrogens (primary N) is 1. The standard InChI is InChI=1S/C13H23NS/c1-3-5-12(6-4-2)13(14)9-11-7-8-15-10-11/h7-8,10,12-13H,3-6,9,14H2,1-2H3. The van der Waals surface area contributed by atoms with Gasteiger partial charge < -0.3 is 5.73 Å². The molecule has 0 radical (unpaired) electrons. The summed E-state index contributed by atoms with van der Waals surface area (Å²) < 4.78 is 0. The molecule has 2 heteroatoms. The minimum Gasteiger partial charge on any atom is -0.327 e. The molecule has 0 bridgehead atoms. The summed E-state index contributed by atoms with van der Waals surface area (Å²) in [6.45, 7) is 4.50. The van der Waals surface area contributed by atoms with Crippen LogP contribution in [0.1, 0.15) is 45.1 Å². The maximum absolute atomic E-state index is 6.29. The summed E-state index contributed by atoms with van der Waals surface area (Å²) in [5, 5.41) is 4.35. The second-order valence-corrected chi connectivity index (χ2v) is 5.12. The Kier molecular flexibility index (Phi) is 5.96. The average molecular weight is 225 g/mol. The van der Waals surface area contributed by atoms with Crippen molar-refractivity contribution in [2.75, 3.05) is 0 Å². The monoisotopic (exact) mass is 225 g/mol. The van der Waals surface area contributed by atoms with Gasteiger partial charge >= 0.3 is 0 Å². The average Bonchev–Trinajstić information content (AvgIpc) is 2.70. The van der Waals surface area contributed by atoms with Gasteiger partial charge in [-0.05, 0) is 47.6 Å². The molecule has 2 N–H and O–H groups in total. The zero-order chi connectivity index (χ0) is 11.1. The highest BCUT2D eigenvalue weighted by atomic mass is 32.1. The number of thiophene rings is 1. The molecule has 86 valence electrons. The predicted molar refractivity (Wildman–Crippen MR) is 69.3 cm³/mol. The first-order valence-electron chi connectivity index (χ1n) is 6.04. The molecule has 1 heterocycles. The third-order valence-corrected chi connectivity index (χ3v) is 3.71. The first-order valence-corrected chi connectivity index (χ1v) is 6.98. The summed E-state index contributed by atoms with van der Waals surface area (Å²) in [6, 6.07) is 2.54. The van der Waals surface area contributed by atoms with E-state index in [1.165, 1.54) is 31.2 Å². The smallest absolute Gasteiger partial charge is 0.0108 e. The highest BCUT2D eigenvalue weighted by Gasteiger charge is 2.16. The molecule has 0 aliphatic heterocycles. The molecule has 0 saturated heterocycles. The van der Waals surface area contributed by atoms with Gasteiger partial charge in [-0.3, -0.25) is 0 Å². The quantitative estimate of drug-likeness (QED) is 0.750. The van der Waals surface area contributed by atoms with E-state index in [-0.39, 0.29) is 0 Å². The van der Waals surface area contributed by atoms with Crippen LogP contribution in [0.3, 0.4) is 0 Å². The van der Waals surface area contributed by atoms with Crippen LogP contribution in [-0.4, -0.2) is 6.04 Å². The fourth-order valence-corrected chi connectivity index (χ4v) is 2.84. The number of hydrogen-bond acceptors (Lipinski definition) is 2. The molecular formula is C13H23NS. The third kappa shape index (κ3) is 4.35. The molecule has 1 aromatic rings. The van der Waals surface area contributed by atoms with E-state index in [1.54, 1.807) is 11.3 Å². The summed E-state index contributed by atoms with van der Waals surface area (Å²) in [6.07, 6.45) is 6.11. The second-order valence-electron chi connectivity index (χ2n) is 4.34. The van der Waals surface area contributed by atoms with Gasteiger partial charge in [0.05, 0.1) is 0 Å². The van der Waals surface area contributed by atoms with Crippen molar-refractivity contribution in [2.24, 2.45) is 11.7 Å². The lowest BCUT2D eigenvalue weighted by Crippen LogP contribution is -2.32. The van der Waals surface area contributed by atoms with Crippen molar-refractivity contribution in [2.45, 2.75) is 52.0 Å². The summed E-state index contributed by atoms with van der Waals surface area (Å²) >= 11 is 1.76. The highest BCUT2D eigenvalue weighted by Crippen LogP contribution is 2.20. The van der Waals surface area contributed by atoms with Crippen molar-refractivity contribution in [3.63, 3.8) is 0 Å². The first kappa shape index (κ1) is 12.7. The van der Waals surface area contributed by atoms with E-state index in [4.69, 9.17) is 5.73 Å². The summed E-state index contributed by atoms with van der Waals surface area (Å²) in [5.41, 5.74) is 7.69. The molecule has 1 atom stereocenters. The molecule has 1 aromatic heterocycles. The van der Waals surface area contributed by atoms with Gasteiger partial charge in [0.1, 0.15) is 0 Å². The number of hydrogen-bond donors (Lipinski definition) is 1. The van der Waals surface area contributed by atoms with E-state index in [1.807, 2.05) is 0 Å². The molecule has 15 heavy (non-hydrogen) atoms. The second kappa shape index (κ2) is 7.02. The van der Waals surface area contributed by atoms with Crippen LogP contribution in [0.15, 0.2) is 16.8 Å². The fraction of sp³-hybridized carbons (Fsp3) is 0.692. The Morgan fingerprint density at radius 1 is 1.27 bits per heavy atom. The highest BCUT2D eigenvalue weighted by molar-refractivity contribution is 7.07. The fourth-order valence-electron chi connectivity index (χ4n) is 2.16. The maximum Gasteiger partial charge on any atom is 0.0108 e. The van der Waals surface area contributed by atoms with Gasteiger partial charge in [0.15, 0.2) is 0 Å². The van der Waals surface area contributed by atoms with Crippen LogP contribution >= 0.6 is 11.3 Å². The van der Waals surface area contributed by atoms with Crippen molar-refractivity contribution < 1.29 is 0 Å². The maximum atomic E-state index is 6.29. The largest absolute Gasteiger partial charge is 0.327 e. The van der Waals surface area contributed by atoms with Gasteiger partial charge in [-0.1, -0.05) is 26.7 Å². The normalized spacial score (nSPS) is 13.3. The molecule has 0 aromatic carbocycles. The molecular weight excluding hydrogens is 202 g/mol. The summed E-state index contributed by atoms with van der Waals surface area (Å²) in [4.78, 5) is 0. The van der Waals surface area contributed by atoms with Crippen LogP contribution in [0.5, 0.6) is 0 Å². The van der Waals surface area contributed by atoms with Crippen molar-refractivity contribution in [3.05, 3.63) is 22.4 Å². The van der Waals surface area contributed by atoms with Crippen LogP contribution in [-0.2, 0) is 6.42 Å². The minimum absolute atomic E-state index is 0.347. The Morgan fingerprint density at radius 3 is 2.40 bits per heavy atom. The van der Waals surface area contributed by atoms with Gasteiger partial charge in [0.2, 0.25) is 0 Å². The third-order valence-electron chi connectivity index (χ3n) is 2.98. The Morgan fingerprint density at radius 2 is 1.93 bits per heavy atom. The Hall–Kier alpha value is -0.340. The SMILES string of the molecule is CCCC(CCC)C(N)Cc1ccsc1. The van der Waals surface area contributed by atoms with E-state index < -0.39 is 0 Å². The minimum atomic E-state index is 0.347. The molecule has 1 nitrogen and oxygen atoms in total. The van der Waals surface area contributed by atoms with Crippen molar-refractivity contribution >= 4 is 11.3 Å². The van der Waals surface area contributed by atoms with Gasteiger partial charge in [-0.15, -0.1) is 0 Å². The molecule has 1 unspecified atom stereocenters. The lowest BCUT2D eigenvalue weighted by Gasteiger charge is -2.22. The topological polar surface area (TPSA) is 26.0 Å². The predicted octanol–water partition coefficient (Wildman–Crippen LogP) is 3.83. The van der Waals surface area contributed by atoms with Gasteiger partial charge in [0, 0.05) is 6.04 Å². The molecule has 0 saturated carbocycles. The molecule has 0 aliphatic carbocycles. The Bertz CT molecular complexity index is 237. The van der Waals surface area contributed by atoms with E-state index in [0.717, 1.165) is 6.42 Å². The lowest BCUT2D eigenvalue weighted by molar-refractivity contribution is 0.360. The summed E-state index contributed by atoms with van der Waals surface area (Å²) in [7, 11) is 0.